The van der Waals surface area contributed by atoms with Gasteiger partial charge in [0.1, 0.15) is 5.75 Å². The highest BCUT2D eigenvalue weighted by atomic mass is 35.5. The van der Waals surface area contributed by atoms with Gasteiger partial charge in [0.05, 0.1) is 18.9 Å². The molecule has 1 aromatic rings. The van der Waals surface area contributed by atoms with Gasteiger partial charge >= 0.3 is 6.03 Å². The molecule has 0 fully saturated rings. The topological polar surface area (TPSA) is 70.6 Å². The van der Waals surface area contributed by atoms with Crippen LogP contribution in [-0.2, 0) is 0 Å². The standard InChI is InChI=1S/C14H21ClN2O3/c1-9(2)12(18)6-7-16-14(19)17-11-8-10(15)4-5-13(11)20-3/h4-5,8-9,12,18H,6-7H2,1-3H3,(H2,16,17,19). The molecule has 0 bridgehead atoms. The van der Waals surface area contributed by atoms with Gasteiger partial charge in [-0.05, 0) is 30.5 Å². The van der Waals surface area contributed by atoms with Gasteiger partial charge in [0.15, 0.2) is 0 Å². The smallest absolute Gasteiger partial charge is 0.319 e. The van der Waals surface area contributed by atoms with E-state index in [1.54, 1.807) is 18.2 Å². The number of carbonyl (C=O) groups excluding carboxylic acids is 1. The molecular formula is C14H21ClN2O3. The average molecular weight is 301 g/mol. The quantitative estimate of drug-likeness (QED) is 0.756. The molecule has 1 atom stereocenters. The van der Waals surface area contributed by atoms with Gasteiger partial charge in [0, 0.05) is 11.6 Å². The molecule has 5 nitrogen and oxygen atoms in total. The monoisotopic (exact) mass is 300 g/mol. The lowest BCUT2D eigenvalue weighted by molar-refractivity contribution is 0.117. The fraction of sp³-hybridized carbons (Fsp3) is 0.500. The number of benzene rings is 1. The maximum atomic E-state index is 11.7. The Labute approximate surface area is 124 Å². The summed E-state index contributed by atoms with van der Waals surface area (Å²) in [5.41, 5.74) is 0.502. The molecule has 1 aromatic carbocycles. The Balaban J connectivity index is 2.48. The zero-order valence-corrected chi connectivity index (χ0v) is 12.7. The summed E-state index contributed by atoms with van der Waals surface area (Å²) in [5, 5.41) is 15.5. The Bertz CT molecular complexity index is 452. The van der Waals surface area contributed by atoms with E-state index in [4.69, 9.17) is 16.3 Å². The van der Waals surface area contributed by atoms with Crippen molar-refractivity contribution in [1.29, 1.82) is 0 Å². The minimum atomic E-state index is -0.420. The number of urea groups is 1. The molecule has 0 aromatic heterocycles. The Kier molecular flexibility index (Phi) is 6.61. The second-order valence-corrected chi connectivity index (χ2v) is 5.26. The summed E-state index contributed by atoms with van der Waals surface area (Å²) in [6.07, 6.45) is 0.0913. The first kappa shape index (κ1) is 16.6. The van der Waals surface area contributed by atoms with Crippen LogP contribution < -0.4 is 15.4 Å². The number of nitrogens with one attached hydrogen (secondary N) is 2. The van der Waals surface area contributed by atoms with Crippen LogP contribution in [0.3, 0.4) is 0 Å². The summed E-state index contributed by atoms with van der Waals surface area (Å²) in [4.78, 5) is 11.7. The summed E-state index contributed by atoms with van der Waals surface area (Å²) in [6.45, 7) is 4.26. The molecule has 0 aliphatic rings. The minimum Gasteiger partial charge on any atom is -0.495 e. The molecule has 6 heteroatoms. The Hall–Kier alpha value is -1.46. The van der Waals surface area contributed by atoms with Crippen LogP contribution in [0.5, 0.6) is 5.75 Å². The molecule has 2 amide bonds. The number of anilines is 1. The highest BCUT2D eigenvalue weighted by molar-refractivity contribution is 6.31. The van der Waals surface area contributed by atoms with Gasteiger partial charge < -0.3 is 20.5 Å². The van der Waals surface area contributed by atoms with Crippen LogP contribution in [-0.4, -0.2) is 30.9 Å². The van der Waals surface area contributed by atoms with E-state index < -0.39 is 6.10 Å². The summed E-state index contributed by atoms with van der Waals surface area (Å²) in [7, 11) is 1.52. The predicted octanol–water partition coefficient (Wildman–Crippen LogP) is 2.88. The second-order valence-electron chi connectivity index (χ2n) is 4.83. The zero-order chi connectivity index (χ0) is 15.1. The van der Waals surface area contributed by atoms with Crippen molar-refractivity contribution < 1.29 is 14.6 Å². The van der Waals surface area contributed by atoms with E-state index in [1.165, 1.54) is 7.11 Å². The first-order valence-corrected chi connectivity index (χ1v) is 6.88. The number of hydrogen-bond acceptors (Lipinski definition) is 3. The van der Waals surface area contributed by atoms with Gasteiger partial charge in [-0.2, -0.15) is 0 Å². The molecule has 1 rings (SSSR count). The van der Waals surface area contributed by atoms with Crippen molar-refractivity contribution in [1.82, 2.24) is 5.32 Å². The largest absolute Gasteiger partial charge is 0.495 e. The van der Waals surface area contributed by atoms with Crippen LogP contribution in [0.4, 0.5) is 10.5 Å². The molecule has 0 saturated carbocycles. The molecule has 3 N–H and O–H groups in total. The lowest BCUT2D eigenvalue weighted by atomic mass is 10.0. The summed E-state index contributed by atoms with van der Waals surface area (Å²) in [5.74, 6) is 0.708. The highest BCUT2D eigenvalue weighted by Crippen LogP contribution is 2.27. The van der Waals surface area contributed by atoms with Crippen LogP contribution >= 0.6 is 11.6 Å². The molecular weight excluding hydrogens is 280 g/mol. The number of hydrogen-bond donors (Lipinski definition) is 3. The van der Waals surface area contributed by atoms with Crippen LogP contribution in [0, 0.1) is 5.92 Å². The second kappa shape index (κ2) is 7.97. The van der Waals surface area contributed by atoms with Gasteiger partial charge in [-0.1, -0.05) is 25.4 Å². The van der Waals surface area contributed by atoms with Gasteiger partial charge in [-0.3, -0.25) is 0 Å². The third kappa shape index (κ3) is 5.27. The fourth-order valence-electron chi connectivity index (χ4n) is 1.61. The number of aliphatic hydroxyl groups excluding tert-OH is 1. The molecule has 0 saturated heterocycles. The van der Waals surface area contributed by atoms with Crippen LogP contribution in [0.15, 0.2) is 18.2 Å². The van der Waals surface area contributed by atoms with Crippen LogP contribution in [0.25, 0.3) is 0 Å². The van der Waals surface area contributed by atoms with E-state index in [0.29, 0.717) is 29.4 Å². The number of carbonyl (C=O) groups is 1. The lowest BCUT2D eigenvalue weighted by Crippen LogP contribution is -2.32. The number of rotatable bonds is 6. The molecule has 0 aliphatic carbocycles. The van der Waals surface area contributed by atoms with E-state index in [0.717, 1.165) is 0 Å². The van der Waals surface area contributed by atoms with Gasteiger partial charge in [0.2, 0.25) is 0 Å². The summed E-state index contributed by atoms with van der Waals surface area (Å²) in [6, 6.07) is 4.62. The minimum absolute atomic E-state index is 0.174. The van der Waals surface area contributed by atoms with E-state index >= 15 is 0 Å². The van der Waals surface area contributed by atoms with E-state index in [1.807, 2.05) is 13.8 Å². The van der Waals surface area contributed by atoms with E-state index in [2.05, 4.69) is 10.6 Å². The normalized spacial score (nSPS) is 12.1. The SMILES string of the molecule is COc1ccc(Cl)cc1NC(=O)NCCC(O)C(C)C. The first-order chi connectivity index (χ1) is 9.43. The van der Waals surface area contributed by atoms with Crippen LogP contribution in [0.1, 0.15) is 20.3 Å². The molecule has 0 radical (unpaired) electrons. The van der Waals surface area contributed by atoms with Crippen molar-refractivity contribution in [2.24, 2.45) is 5.92 Å². The molecule has 0 spiro atoms. The number of halogens is 1. The average Bonchev–Trinajstić information content (AvgIpc) is 2.38. The maximum absolute atomic E-state index is 11.7. The van der Waals surface area contributed by atoms with Gasteiger partial charge in [-0.25, -0.2) is 4.79 Å². The van der Waals surface area contributed by atoms with Crippen molar-refractivity contribution in [2.75, 3.05) is 19.0 Å². The molecule has 0 aliphatic heterocycles. The van der Waals surface area contributed by atoms with Gasteiger partial charge in [0.25, 0.3) is 0 Å². The number of methoxy groups -OCH3 is 1. The molecule has 1 unspecified atom stereocenters. The maximum Gasteiger partial charge on any atom is 0.319 e. The van der Waals surface area contributed by atoms with E-state index in [-0.39, 0.29) is 11.9 Å². The first-order valence-electron chi connectivity index (χ1n) is 6.50. The van der Waals surface area contributed by atoms with Crippen molar-refractivity contribution in [2.45, 2.75) is 26.4 Å². The Morgan fingerprint density at radius 3 is 2.75 bits per heavy atom. The van der Waals surface area contributed by atoms with Gasteiger partial charge in [-0.15, -0.1) is 0 Å². The highest BCUT2D eigenvalue weighted by Gasteiger charge is 2.11. The molecule has 0 heterocycles. The van der Waals surface area contributed by atoms with Crippen molar-refractivity contribution in [3.05, 3.63) is 23.2 Å². The van der Waals surface area contributed by atoms with Crippen LogP contribution in [0.2, 0.25) is 5.02 Å². The Morgan fingerprint density at radius 1 is 1.45 bits per heavy atom. The van der Waals surface area contributed by atoms with Crippen molar-refractivity contribution in [3.63, 3.8) is 0 Å². The summed E-state index contributed by atoms with van der Waals surface area (Å²) >= 11 is 5.88. The Morgan fingerprint density at radius 2 is 2.15 bits per heavy atom. The third-order valence-corrected chi connectivity index (χ3v) is 3.14. The number of ether oxygens (including phenoxy) is 1. The lowest BCUT2D eigenvalue weighted by Gasteiger charge is -2.15. The van der Waals surface area contributed by atoms with E-state index in [9.17, 15) is 9.90 Å². The number of amides is 2. The zero-order valence-electron chi connectivity index (χ0n) is 11.9. The van der Waals surface area contributed by atoms with Crippen molar-refractivity contribution >= 4 is 23.3 Å². The fourth-order valence-corrected chi connectivity index (χ4v) is 1.78. The molecule has 112 valence electrons. The molecule has 20 heavy (non-hydrogen) atoms. The third-order valence-electron chi connectivity index (χ3n) is 2.90. The number of aliphatic hydroxyl groups is 1. The predicted molar refractivity (Wildman–Crippen MR) is 80.5 cm³/mol. The summed E-state index contributed by atoms with van der Waals surface area (Å²) < 4.78 is 5.13. The van der Waals surface area contributed by atoms with Crippen molar-refractivity contribution in [3.8, 4) is 5.75 Å².